The maximum Gasteiger partial charge on any atom is 0.235 e. The summed E-state index contributed by atoms with van der Waals surface area (Å²) in [5.74, 6) is -0.0164. The molecule has 1 N–H and O–H groups in total. The zero-order chi connectivity index (χ0) is 19.7. The van der Waals surface area contributed by atoms with Crippen LogP contribution in [0.15, 0.2) is 18.2 Å². The molecule has 0 spiro atoms. The average Bonchev–Trinajstić information content (AvgIpc) is 2.67. The molecule has 1 aromatic carbocycles. The number of rotatable bonds is 16. The Morgan fingerprint density at radius 1 is 0.889 bits per heavy atom. The Hall–Kier alpha value is -1.35. The number of anilines is 1. The average molecular weight is 393 g/mol. The molecule has 3 nitrogen and oxygen atoms in total. The van der Waals surface area contributed by atoms with Crippen LogP contribution in [0.3, 0.4) is 0 Å². The minimum absolute atomic E-state index is 0.0164. The van der Waals surface area contributed by atoms with Gasteiger partial charge in [-0.1, -0.05) is 95.6 Å². The van der Waals surface area contributed by atoms with Crippen molar-refractivity contribution < 1.29 is 9.59 Å². The highest BCUT2D eigenvalue weighted by atomic mass is 35.5. The van der Waals surface area contributed by atoms with Crippen LogP contribution in [0.1, 0.15) is 102 Å². The van der Waals surface area contributed by atoms with E-state index in [-0.39, 0.29) is 11.5 Å². The molecule has 0 bridgehead atoms. The molecule has 1 radical (unpaired) electrons. The summed E-state index contributed by atoms with van der Waals surface area (Å²) in [4.78, 5) is 22.7. The van der Waals surface area contributed by atoms with Gasteiger partial charge in [-0.3, -0.25) is 9.59 Å². The van der Waals surface area contributed by atoms with Crippen LogP contribution in [0.4, 0.5) is 5.69 Å². The zero-order valence-corrected chi connectivity index (χ0v) is 17.6. The van der Waals surface area contributed by atoms with Crippen molar-refractivity contribution in [2.24, 2.45) is 0 Å². The Labute approximate surface area is 170 Å². The fraction of sp³-hybridized carbons (Fsp3) is 0.652. The van der Waals surface area contributed by atoms with E-state index in [0.29, 0.717) is 17.1 Å². The van der Waals surface area contributed by atoms with Crippen LogP contribution < -0.4 is 5.32 Å². The van der Waals surface area contributed by atoms with E-state index in [9.17, 15) is 9.59 Å². The van der Waals surface area contributed by atoms with Crippen molar-refractivity contribution in [3.05, 3.63) is 28.8 Å². The van der Waals surface area contributed by atoms with Gasteiger partial charge in [-0.2, -0.15) is 0 Å². The molecule has 0 aromatic heterocycles. The zero-order valence-electron chi connectivity index (χ0n) is 16.8. The number of carbonyl (C=O) groups is 1. The maximum absolute atomic E-state index is 12.0. The molecule has 0 fully saturated rings. The van der Waals surface area contributed by atoms with Crippen LogP contribution in [0.2, 0.25) is 5.02 Å². The summed E-state index contributed by atoms with van der Waals surface area (Å²) in [6, 6.07) is 4.85. The van der Waals surface area contributed by atoms with E-state index in [1.54, 1.807) is 24.5 Å². The van der Waals surface area contributed by atoms with Crippen LogP contribution in [-0.2, 0) is 9.59 Å². The summed E-state index contributed by atoms with van der Waals surface area (Å²) in [5.41, 5.74) is 0.868. The molecule has 1 rings (SSSR count). The topological polar surface area (TPSA) is 46.2 Å². The summed E-state index contributed by atoms with van der Waals surface area (Å²) in [6.45, 7) is 2.26. The number of hydrogen-bond donors (Lipinski definition) is 1. The highest BCUT2D eigenvalue weighted by Gasteiger charge is 2.05. The van der Waals surface area contributed by atoms with Gasteiger partial charge in [-0.25, -0.2) is 0 Å². The van der Waals surface area contributed by atoms with E-state index in [4.69, 9.17) is 11.6 Å². The Morgan fingerprint density at radius 3 is 1.93 bits per heavy atom. The van der Waals surface area contributed by atoms with Crippen molar-refractivity contribution in [1.29, 1.82) is 0 Å². The minimum atomic E-state index is -0.0164. The number of carbonyl (C=O) groups excluding carboxylic acids is 2. The normalized spacial score (nSPS) is 10.7. The van der Waals surface area contributed by atoms with Gasteiger partial charge in [-0.15, -0.1) is 0 Å². The molecule has 0 unspecified atom stereocenters. The maximum atomic E-state index is 12.0. The predicted octanol–water partition coefficient (Wildman–Crippen LogP) is 7.22. The lowest BCUT2D eigenvalue weighted by molar-refractivity contribution is -0.116. The van der Waals surface area contributed by atoms with E-state index in [1.165, 1.54) is 70.6 Å². The Bertz CT molecular complexity index is 545. The third kappa shape index (κ3) is 11.9. The monoisotopic (exact) mass is 392 g/mol. The van der Waals surface area contributed by atoms with Crippen LogP contribution in [0, 0.1) is 0 Å². The molecule has 151 valence electrons. The largest absolute Gasteiger partial charge is 0.326 e. The lowest BCUT2D eigenvalue weighted by Crippen LogP contribution is -2.11. The van der Waals surface area contributed by atoms with E-state index in [2.05, 4.69) is 12.2 Å². The number of unbranched alkanes of at least 4 members (excludes halogenated alkanes) is 12. The second kappa shape index (κ2) is 15.7. The second-order valence-electron chi connectivity index (χ2n) is 7.34. The van der Waals surface area contributed by atoms with Crippen LogP contribution >= 0.6 is 11.6 Å². The first-order chi connectivity index (χ1) is 13.2. The summed E-state index contributed by atoms with van der Waals surface area (Å²) < 4.78 is 0. The molecule has 0 aliphatic heterocycles. The Kier molecular flexibility index (Phi) is 13.8. The molecule has 0 saturated heterocycles. The van der Waals surface area contributed by atoms with Gasteiger partial charge >= 0.3 is 0 Å². The van der Waals surface area contributed by atoms with Gasteiger partial charge in [-0.05, 0) is 24.6 Å². The van der Waals surface area contributed by atoms with Gasteiger partial charge in [0, 0.05) is 17.7 Å². The van der Waals surface area contributed by atoms with Gasteiger partial charge in [0.2, 0.25) is 12.2 Å². The summed E-state index contributed by atoms with van der Waals surface area (Å²) in [6.07, 6.45) is 19.1. The third-order valence-corrected chi connectivity index (χ3v) is 5.20. The highest BCUT2D eigenvalue weighted by Crippen LogP contribution is 2.19. The smallest absolute Gasteiger partial charge is 0.235 e. The lowest BCUT2D eigenvalue weighted by Gasteiger charge is -2.06. The minimum Gasteiger partial charge on any atom is -0.326 e. The van der Waals surface area contributed by atoms with Crippen molar-refractivity contribution in [2.75, 3.05) is 5.32 Å². The molecule has 4 heteroatoms. The molecule has 0 aliphatic carbocycles. The van der Waals surface area contributed by atoms with Gasteiger partial charge in [0.15, 0.2) is 0 Å². The van der Waals surface area contributed by atoms with E-state index in [1.807, 2.05) is 0 Å². The summed E-state index contributed by atoms with van der Waals surface area (Å²) in [5, 5.41) is 3.16. The molecular formula is C23H35ClNO2. The SMILES string of the molecule is CCCCCCCCCCCCCCCC(=O)Nc1ccc(Cl)c([C]=O)c1. The predicted molar refractivity (Wildman–Crippen MR) is 115 cm³/mol. The second-order valence-corrected chi connectivity index (χ2v) is 7.74. The fourth-order valence-electron chi connectivity index (χ4n) is 3.21. The van der Waals surface area contributed by atoms with Crippen molar-refractivity contribution >= 4 is 29.5 Å². The molecule has 1 amide bonds. The first-order valence-electron chi connectivity index (χ1n) is 10.6. The number of halogens is 1. The van der Waals surface area contributed by atoms with Crippen LogP contribution in [0.5, 0.6) is 0 Å². The van der Waals surface area contributed by atoms with Gasteiger partial charge in [0.25, 0.3) is 0 Å². The van der Waals surface area contributed by atoms with E-state index >= 15 is 0 Å². The first-order valence-corrected chi connectivity index (χ1v) is 11.0. The van der Waals surface area contributed by atoms with Crippen molar-refractivity contribution in [3.8, 4) is 0 Å². The van der Waals surface area contributed by atoms with Crippen molar-refractivity contribution in [2.45, 2.75) is 96.8 Å². The number of nitrogens with one attached hydrogen (secondary N) is 1. The van der Waals surface area contributed by atoms with E-state index < -0.39 is 0 Å². The molecule has 0 saturated carbocycles. The fourth-order valence-corrected chi connectivity index (χ4v) is 3.36. The molecule has 27 heavy (non-hydrogen) atoms. The highest BCUT2D eigenvalue weighted by molar-refractivity contribution is 6.33. The van der Waals surface area contributed by atoms with Crippen molar-refractivity contribution in [3.63, 3.8) is 0 Å². The summed E-state index contributed by atoms with van der Waals surface area (Å²) in [7, 11) is 0. The Balaban J connectivity index is 1.96. The van der Waals surface area contributed by atoms with Gasteiger partial charge in [0.1, 0.15) is 0 Å². The third-order valence-electron chi connectivity index (χ3n) is 4.87. The first kappa shape index (κ1) is 23.7. The molecular weight excluding hydrogens is 358 g/mol. The van der Waals surface area contributed by atoms with Gasteiger partial charge < -0.3 is 5.32 Å². The summed E-state index contributed by atoms with van der Waals surface area (Å²) >= 11 is 5.86. The molecule has 1 aromatic rings. The number of hydrogen-bond acceptors (Lipinski definition) is 2. The quantitative estimate of drug-likeness (QED) is 0.302. The number of benzene rings is 1. The molecule has 0 atom stereocenters. The lowest BCUT2D eigenvalue weighted by atomic mass is 10.0. The van der Waals surface area contributed by atoms with Gasteiger partial charge in [0.05, 0.1) is 5.02 Å². The van der Waals surface area contributed by atoms with Crippen LogP contribution in [0.25, 0.3) is 0 Å². The standard InChI is InChI=1S/C23H35ClNO2/c1-2-3-4-5-6-7-8-9-10-11-12-13-14-15-23(27)25-21-16-17-22(24)20(18-21)19-26/h16-18H,2-15H2,1H3,(H,25,27). The van der Waals surface area contributed by atoms with Crippen molar-refractivity contribution in [1.82, 2.24) is 0 Å². The Morgan fingerprint density at radius 2 is 1.41 bits per heavy atom. The van der Waals surface area contributed by atoms with Crippen LogP contribution in [-0.4, -0.2) is 12.2 Å². The number of amides is 1. The van der Waals surface area contributed by atoms with E-state index in [0.717, 1.165) is 12.8 Å². The molecule has 0 aliphatic rings. The molecule has 0 heterocycles.